The molecule has 1 aromatic rings. The van der Waals surface area contributed by atoms with E-state index in [1.807, 2.05) is 0 Å². The molecule has 0 fully saturated rings. The summed E-state index contributed by atoms with van der Waals surface area (Å²) in [5.74, 6) is 5.57. The minimum Gasteiger partial charge on any atom is -0.395 e. The second kappa shape index (κ2) is 8.25. The van der Waals surface area contributed by atoms with E-state index in [2.05, 4.69) is 16.6 Å². The van der Waals surface area contributed by atoms with Gasteiger partial charge in [0.2, 0.25) is 0 Å². The van der Waals surface area contributed by atoms with Crippen LogP contribution in [0.3, 0.4) is 0 Å². The molecule has 0 aromatic heterocycles. The van der Waals surface area contributed by atoms with Crippen LogP contribution in [-0.2, 0) is 10.2 Å². The molecule has 0 amide bonds. The van der Waals surface area contributed by atoms with Gasteiger partial charge >= 0.3 is 10.2 Å². The van der Waals surface area contributed by atoms with E-state index in [-0.39, 0.29) is 6.61 Å². The molecule has 0 radical (unpaired) electrons. The van der Waals surface area contributed by atoms with E-state index in [4.69, 9.17) is 16.7 Å². The molecule has 1 rings (SSSR count). The lowest BCUT2D eigenvalue weighted by molar-refractivity contribution is 0.305. The van der Waals surface area contributed by atoms with Gasteiger partial charge in [-0.2, -0.15) is 12.7 Å². The fourth-order valence-corrected chi connectivity index (χ4v) is 3.13. The molecule has 0 aliphatic heterocycles. The summed E-state index contributed by atoms with van der Waals surface area (Å²) < 4.78 is 28.3. The van der Waals surface area contributed by atoms with Crippen molar-refractivity contribution < 1.29 is 13.5 Å². The summed E-state index contributed by atoms with van der Waals surface area (Å²) in [7, 11) is -3.62. The minimum absolute atomic E-state index is 0.0475. The summed E-state index contributed by atoms with van der Waals surface area (Å²) in [6.07, 6.45) is 0.314. The molecule has 0 saturated heterocycles. The average Bonchev–Trinajstić information content (AvgIpc) is 2.43. The van der Waals surface area contributed by atoms with Crippen LogP contribution < -0.4 is 4.72 Å². The van der Waals surface area contributed by atoms with Gasteiger partial charge in [-0.05, 0) is 18.2 Å². The van der Waals surface area contributed by atoms with E-state index < -0.39 is 10.2 Å². The maximum atomic E-state index is 12.2. The van der Waals surface area contributed by atoms with Gasteiger partial charge in [0.05, 0.1) is 17.9 Å². The number of nitrogens with one attached hydrogen (secondary N) is 1. The van der Waals surface area contributed by atoms with Crippen LogP contribution in [-0.4, -0.2) is 37.5 Å². The largest absolute Gasteiger partial charge is 0.395 e. The third kappa shape index (κ3) is 5.21. The van der Waals surface area contributed by atoms with Gasteiger partial charge in [0.1, 0.15) is 0 Å². The molecule has 7 heteroatoms. The quantitative estimate of drug-likeness (QED) is 0.784. The van der Waals surface area contributed by atoms with E-state index >= 15 is 0 Å². The number of benzene rings is 1. The van der Waals surface area contributed by atoms with Gasteiger partial charge in [0.25, 0.3) is 0 Å². The average molecular weight is 331 g/mol. The zero-order chi connectivity index (χ0) is 15.9. The first-order chi connectivity index (χ1) is 9.94. The highest BCUT2D eigenvalue weighted by molar-refractivity contribution is 7.90. The molecule has 1 aromatic carbocycles. The zero-order valence-electron chi connectivity index (χ0n) is 12.1. The van der Waals surface area contributed by atoms with Crippen molar-refractivity contribution in [2.75, 3.05) is 24.4 Å². The molecule has 0 bridgehead atoms. The number of halogens is 1. The number of aliphatic hydroxyl groups excluding tert-OH is 1. The van der Waals surface area contributed by atoms with Gasteiger partial charge < -0.3 is 5.11 Å². The summed E-state index contributed by atoms with van der Waals surface area (Å²) in [6, 6.07) is 4.76. The van der Waals surface area contributed by atoms with Crippen molar-refractivity contribution in [3.05, 3.63) is 28.8 Å². The number of anilines is 1. The van der Waals surface area contributed by atoms with Gasteiger partial charge in [-0.25, -0.2) is 0 Å². The molecule has 0 spiro atoms. The van der Waals surface area contributed by atoms with Gasteiger partial charge in [-0.1, -0.05) is 37.3 Å². The van der Waals surface area contributed by atoms with Crippen molar-refractivity contribution in [1.82, 2.24) is 4.31 Å². The lowest BCUT2D eigenvalue weighted by atomic mass is 10.2. The highest BCUT2D eigenvalue weighted by atomic mass is 35.5. The number of aliphatic hydroxyl groups is 1. The standard InChI is InChI=1S/C14H19ClN2O3S/c1-3-17(4-2)21(19,20)16-14-9-8-13(15)11-12(14)7-5-6-10-18/h8-9,11,16,18H,3-4,6,10H2,1-2H3. The van der Waals surface area contributed by atoms with E-state index in [9.17, 15) is 8.42 Å². The van der Waals surface area contributed by atoms with Crippen LogP contribution in [0.5, 0.6) is 0 Å². The molecule has 0 heterocycles. The summed E-state index contributed by atoms with van der Waals surface area (Å²) in [5, 5.41) is 9.21. The molecule has 21 heavy (non-hydrogen) atoms. The van der Waals surface area contributed by atoms with E-state index in [0.717, 1.165) is 0 Å². The van der Waals surface area contributed by atoms with Crippen molar-refractivity contribution in [2.24, 2.45) is 0 Å². The van der Waals surface area contributed by atoms with Gasteiger partial charge in [0.15, 0.2) is 0 Å². The molecule has 0 aliphatic rings. The van der Waals surface area contributed by atoms with Crippen LogP contribution in [0.1, 0.15) is 25.8 Å². The maximum absolute atomic E-state index is 12.2. The first-order valence-electron chi connectivity index (χ1n) is 6.61. The summed E-state index contributed by atoms with van der Waals surface area (Å²) in [6.45, 7) is 4.25. The van der Waals surface area contributed by atoms with Crippen LogP contribution in [0.25, 0.3) is 0 Å². The fourth-order valence-electron chi connectivity index (χ4n) is 1.69. The Hall–Kier alpha value is -1.26. The Morgan fingerprint density at radius 1 is 1.33 bits per heavy atom. The predicted molar refractivity (Wildman–Crippen MR) is 85.5 cm³/mol. The minimum atomic E-state index is -3.62. The highest BCUT2D eigenvalue weighted by Gasteiger charge is 2.19. The third-order valence-corrected chi connectivity index (χ3v) is 4.63. The third-order valence-electron chi connectivity index (χ3n) is 2.73. The summed E-state index contributed by atoms with van der Waals surface area (Å²) >= 11 is 5.91. The number of hydrogen-bond donors (Lipinski definition) is 2. The lowest BCUT2D eigenvalue weighted by Crippen LogP contribution is -2.35. The maximum Gasteiger partial charge on any atom is 0.301 e. The van der Waals surface area contributed by atoms with Crippen molar-refractivity contribution in [3.8, 4) is 11.8 Å². The predicted octanol–water partition coefficient (Wildman–Crippen LogP) is 2.07. The Balaban J connectivity index is 3.11. The molecule has 2 N–H and O–H groups in total. The topological polar surface area (TPSA) is 69.6 Å². The molecule has 0 unspecified atom stereocenters. The second-order valence-electron chi connectivity index (χ2n) is 4.16. The van der Waals surface area contributed by atoms with Crippen molar-refractivity contribution >= 4 is 27.5 Å². The molecule has 0 saturated carbocycles. The summed E-state index contributed by atoms with van der Waals surface area (Å²) in [4.78, 5) is 0. The fraction of sp³-hybridized carbons (Fsp3) is 0.429. The second-order valence-corrected chi connectivity index (χ2v) is 6.26. The zero-order valence-corrected chi connectivity index (χ0v) is 13.6. The van der Waals surface area contributed by atoms with E-state index in [1.165, 1.54) is 4.31 Å². The van der Waals surface area contributed by atoms with Gasteiger partial charge in [-0.15, -0.1) is 0 Å². The molecular formula is C14H19ClN2O3S. The SMILES string of the molecule is CCN(CC)S(=O)(=O)Nc1ccc(Cl)cc1C#CCCO. The lowest BCUT2D eigenvalue weighted by Gasteiger charge is -2.20. The molecule has 116 valence electrons. The normalized spacial score (nSPS) is 11.1. The Kier molecular flexibility index (Phi) is 6.99. The Labute approximate surface area is 131 Å². The van der Waals surface area contributed by atoms with Crippen LogP contribution in [0.2, 0.25) is 5.02 Å². The van der Waals surface area contributed by atoms with E-state index in [1.54, 1.807) is 32.0 Å². The van der Waals surface area contributed by atoms with Crippen molar-refractivity contribution in [2.45, 2.75) is 20.3 Å². The van der Waals surface area contributed by atoms with Gasteiger partial charge in [0, 0.05) is 24.5 Å². The van der Waals surface area contributed by atoms with Crippen LogP contribution in [0.4, 0.5) is 5.69 Å². The molecule has 0 atom stereocenters. The Morgan fingerprint density at radius 3 is 2.57 bits per heavy atom. The van der Waals surface area contributed by atoms with Crippen molar-refractivity contribution in [1.29, 1.82) is 0 Å². The van der Waals surface area contributed by atoms with Crippen LogP contribution in [0, 0.1) is 11.8 Å². The number of nitrogens with zero attached hydrogens (tertiary/aromatic N) is 1. The Bertz CT molecular complexity index is 631. The van der Waals surface area contributed by atoms with Gasteiger partial charge in [-0.3, -0.25) is 4.72 Å². The monoisotopic (exact) mass is 330 g/mol. The van der Waals surface area contributed by atoms with Crippen LogP contribution >= 0.6 is 11.6 Å². The smallest absolute Gasteiger partial charge is 0.301 e. The number of rotatable bonds is 6. The summed E-state index contributed by atoms with van der Waals surface area (Å²) in [5.41, 5.74) is 0.850. The Morgan fingerprint density at radius 2 is 2.00 bits per heavy atom. The first-order valence-corrected chi connectivity index (χ1v) is 8.43. The molecule has 5 nitrogen and oxygen atoms in total. The highest BCUT2D eigenvalue weighted by Crippen LogP contribution is 2.21. The van der Waals surface area contributed by atoms with Crippen molar-refractivity contribution in [3.63, 3.8) is 0 Å². The number of hydrogen-bond acceptors (Lipinski definition) is 3. The van der Waals surface area contributed by atoms with Crippen LogP contribution in [0.15, 0.2) is 18.2 Å². The molecule has 0 aliphatic carbocycles. The first kappa shape index (κ1) is 17.8. The molecular weight excluding hydrogens is 312 g/mol. The van der Waals surface area contributed by atoms with E-state index in [0.29, 0.717) is 35.8 Å².